The lowest BCUT2D eigenvalue weighted by Gasteiger charge is -1.98. The number of hydrogen-bond acceptors (Lipinski definition) is 1. The first-order chi connectivity index (χ1) is 7.15. The number of allylic oxidation sites excluding steroid dienone is 2. The van der Waals surface area contributed by atoms with Crippen LogP contribution in [0.5, 0.6) is 0 Å². The molecular formula is C12H13ClFN. The Morgan fingerprint density at radius 2 is 2.27 bits per heavy atom. The van der Waals surface area contributed by atoms with Crippen molar-refractivity contribution in [3.8, 4) is 0 Å². The van der Waals surface area contributed by atoms with Crippen LogP contribution in [0, 0.1) is 5.82 Å². The average Bonchev–Trinajstić information content (AvgIpc) is 2.22. The summed E-state index contributed by atoms with van der Waals surface area (Å²) in [6.45, 7) is 4.05. The summed E-state index contributed by atoms with van der Waals surface area (Å²) in [6, 6.07) is 4.52. The lowest BCUT2D eigenvalue weighted by Crippen LogP contribution is -1.78. The van der Waals surface area contributed by atoms with Gasteiger partial charge in [0.15, 0.2) is 0 Å². The number of rotatable bonds is 3. The first-order valence-corrected chi connectivity index (χ1v) is 5.16. The van der Waals surface area contributed by atoms with Gasteiger partial charge < -0.3 is 0 Å². The van der Waals surface area contributed by atoms with Crippen LogP contribution in [0.25, 0.3) is 0 Å². The highest BCUT2D eigenvalue weighted by Crippen LogP contribution is 2.27. The largest absolute Gasteiger partial charge is 0.252 e. The molecule has 3 heteroatoms. The summed E-state index contributed by atoms with van der Waals surface area (Å²) >= 11 is 5.80. The zero-order chi connectivity index (χ0) is 11.3. The normalized spacial score (nSPS) is 12.4. The molecule has 15 heavy (non-hydrogen) atoms. The van der Waals surface area contributed by atoms with Crippen LogP contribution < -0.4 is 0 Å². The molecule has 0 aliphatic heterocycles. The van der Waals surface area contributed by atoms with E-state index in [-0.39, 0.29) is 5.69 Å². The number of para-hydroxylation sites is 1. The molecule has 0 fully saturated rings. The summed E-state index contributed by atoms with van der Waals surface area (Å²) < 4.78 is 13.2. The Labute approximate surface area is 94.3 Å². The molecule has 0 radical (unpaired) electrons. The summed E-state index contributed by atoms with van der Waals surface area (Å²) in [4.78, 5) is 3.98. The predicted octanol–water partition coefficient (Wildman–Crippen LogP) is 4.54. The van der Waals surface area contributed by atoms with Crippen LogP contribution in [0.15, 0.2) is 34.8 Å². The maximum Gasteiger partial charge on any atom is 0.150 e. The molecule has 0 unspecified atom stereocenters. The van der Waals surface area contributed by atoms with Gasteiger partial charge in [-0.25, -0.2) is 4.39 Å². The standard InChI is InChI=1S/C12H13ClFN/c1-3-9(2)7-8-15-12-10(13)5-4-6-11(12)14/h4-8H,3H2,1-2H3/b9-7+,15-8+. The fourth-order valence-corrected chi connectivity index (χ4v) is 1.18. The van der Waals surface area contributed by atoms with Gasteiger partial charge in [-0.05, 0) is 31.6 Å². The van der Waals surface area contributed by atoms with Crippen molar-refractivity contribution in [2.75, 3.05) is 0 Å². The summed E-state index contributed by atoms with van der Waals surface area (Å²) in [5, 5.41) is 0.328. The predicted molar refractivity (Wildman–Crippen MR) is 63.6 cm³/mol. The van der Waals surface area contributed by atoms with Gasteiger partial charge in [0.25, 0.3) is 0 Å². The highest BCUT2D eigenvalue weighted by molar-refractivity contribution is 6.33. The van der Waals surface area contributed by atoms with Gasteiger partial charge in [0.2, 0.25) is 0 Å². The Morgan fingerprint density at radius 3 is 2.87 bits per heavy atom. The third-order valence-electron chi connectivity index (χ3n) is 2.06. The molecule has 0 aliphatic rings. The summed E-state index contributed by atoms with van der Waals surface area (Å²) in [6.07, 6.45) is 4.38. The van der Waals surface area contributed by atoms with Crippen molar-refractivity contribution in [1.29, 1.82) is 0 Å². The zero-order valence-electron chi connectivity index (χ0n) is 8.80. The second-order valence-corrected chi connectivity index (χ2v) is 3.62. The van der Waals surface area contributed by atoms with Gasteiger partial charge in [0.05, 0.1) is 5.02 Å². The Balaban J connectivity index is 2.90. The quantitative estimate of drug-likeness (QED) is 0.670. The minimum atomic E-state index is -0.402. The minimum Gasteiger partial charge on any atom is -0.252 e. The molecule has 0 atom stereocenters. The van der Waals surface area contributed by atoms with E-state index in [1.165, 1.54) is 11.6 Å². The molecule has 0 saturated carbocycles. The fraction of sp³-hybridized carbons (Fsp3) is 0.250. The van der Waals surface area contributed by atoms with E-state index in [0.29, 0.717) is 5.02 Å². The zero-order valence-corrected chi connectivity index (χ0v) is 9.55. The maximum atomic E-state index is 13.2. The Bertz CT molecular complexity index is 376. The van der Waals surface area contributed by atoms with Gasteiger partial charge >= 0.3 is 0 Å². The van der Waals surface area contributed by atoms with E-state index in [4.69, 9.17) is 11.6 Å². The number of benzene rings is 1. The van der Waals surface area contributed by atoms with Crippen molar-refractivity contribution < 1.29 is 4.39 Å². The van der Waals surface area contributed by atoms with Crippen LogP contribution in [0.3, 0.4) is 0 Å². The second kappa shape index (κ2) is 5.66. The molecule has 80 valence electrons. The van der Waals surface area contributed by atoms with Gasteiger partial charge in [-0.1, -0.05) is 30.2 Å². The third kappa shape index (κ3) is 3.48. The summed E-state index contributed by atoms with van der Waals surface area (Å²) in [7, 11) is 0. The Hall–Kier alpha value is -1.15. The van der Waals surface area contributed by atoms with Crippen LogP contribution in [0.4, 0.5) is 10.1 Å². The number of aliphatic imine (C=N–C) groups is 1. The van der Waals surface area contributed by atoms with Crippen molar-refractivity contribution in [3.63, 3.8) is 0 Å². The van der Waals surface area contributed by atoms with Crippen molar-refractivity contribution in [1.82, 2.24) is 0 Å². The average molecular weight is 226 g/mol. The molecule has 0 heterocycles. The molecule has 1 aromatic rings. The van der Waals surface area contributed by atoms with E-state index in [1.807, 2.05) is 13.0 Å². The molecule has 0 aromatic heterocycles. The molecule has 0 bridgehead atoms. The van der Waals surface area contributed by atoms with E-state index < -0.39 is 5.82 Å². The van der Waals surface area contributed by atoms with Gasteiger partial charge in [0.1, 0.15) is 11.5 Å². The maximum absolute atomic E-state index is 13.2. The molecule has 0 spiro atoms. The second-order valence-electron chi connectivity index (χ2n) is 3.22. The van der Waals surface area contributed by atoms with Crippen LogP contribution >= 0.6 is 11.6 Å². The van der Waals surface area contributed by atoms with Crippen LogP contribution in [-0.4, -0.2) is 6.21 Å². The van der Waals surface area contributed by atoms with Gasteiger partial charge in [-0.2, -0.15) is 0 Å². The highest BCUT2D eigenvalue weighted by atomic mass is 35.5. The van der Waals surface area contributed by atoms with E-state index in [2.05, 4.69) is 11.9 Å². The fourth-order valence-electron chi connectivity index (χ4n) is 0.969. The molecule has 1 rings (SSSR count). The summed E-state index contributed by atoms with van der Waals surface area (Å²) in [5.74, 6) is -0.402. The molecule has 0 amide bonds. The third-order valence-corrected chi connectivity index (χ3v) is 2.36. The lowest BCUT2D eigenvalue weighted by molar-refractivity contribution is 0.630. The molecule has 0 saturated heterocycles. The first-order valence-electron chi connectivity index (χ1n) is 4.79. The van der Waals surface area contributed by atoms with Crippen molar-refractivity contribution in [2.24, 2.45) is 4.99 Å². The number of halogens is 2. The van der Waals surface area contributed by atoms with Crippen LogP contribution in [-0.2, 0) is 0 Å². The van der Waals surface area contributed by atoms with Crippen molar-refractivity contribution in [3.05, 3.63) is 40.7 Å². The lowest BCUT2D eigenvalue weighted by atomic mass is 10.2. The molecule has 0 N–H and O–H groups in total. The van der Waals surface area contributed by atoms with E-state index >= 15 is 0 Å². The Morgan fingerprint density at radius 1 is 1.53 bits per heavy atom. The van der Waals surface area contributed by atoms with Crippen molar-refractivity contribution >= 4 is 23.5 Å². The highest BCUT2D eigenvalue weighted by Gasteiger charge is 2.02. The number of hydrogen-bond donors (Lipinski definition) is 0. The van der Waals surface area contributed by atoms with Crippen molar-refractivity contribution in [2.45, 2.75) is 20.3 Å². The van der Waals surface area contributed by atoms with E-state index in [1.54, 1.807) is 18.3 Å². The number of nitrogens with zero attached hydrogens (tertiary/aromatic N) is 1. The van der Waals surface area contributed by atoms with Gasteiger partial charge in [-0.3, -0.25) is 4.99 Å². The Kier molecular flexibility index (Phi) is 4.50. The van der Waals surface area contributed by atoms with E-state index in [9.17, 15) is 4.39 Å². The first kappa shape index (κ1) is 11.9. The van der Waals surface area contributed by atoms with Gasteiger partial charge in [-0.15, -0.1) is 0 Å². The SMILES string of the molecule is CC/C(C)=C/C=N/c1c(F)cccc1Cl. The smallest absolute Gasteiger partial charge is 0.150 e. The summed E-state index contributed by atoms with van der Waals surface area (Å²) in [5.41, 5.74) is 1.38. The minimum absolute atomic E-state index is 0.194. The van der Waals surface area contributed by atoms with Crippen LogP contribution in [0.2, 0.25) is 5.02 Å². The molecule has 1 aromatic carbocycles. The van der Waals surface area contributed by atoms with E-state index in [0.717, 1.165) is 6.42 Å². The molecule has 0 aliphatic carbocycles. The monoisotopic (exact) mass is 225 g/mol. The molecular weight excluding hydrogens is 213 g/mol. The van der Waals surface area contributed by atoms with Gasteiger partial charge in [0, 0.05) is 6.21 Å². The van der Waals surface area contributed by atoms with Crippen LogP contribution in [0.1, 0.15) is 20.3 Å². The topological polar surface area (TPSA) is 12.4 Å². The molecule has 1 nitrogen and oxygen atoms in total.